The van der Waals surface area contributed by atoms with E-state index in [9.17, 15) is 9.90 Å². The summed E-state index contributed by atoms with van der Waals surface area (Å²) >= 11 is 0. The lowest BCUT2D eigenvalue weighted by Crippen LogP contribution is -2.36. The van der Waals surface area contributed by atoms with Gasteiger partial charge in [-0.25, -0.2) is 0 Å². The minimum atomic E-state index is -0.494. The number of hydrogen-bond donors (Lipinski definition) is 2. The molecular weight excluding hydrogens is 242 g/mol. The van der Waals surface area contributed by atoms with Gasteiger partial charge in [0.1, 0.15) is 5.75 Å². The number of aliphatic hydroxyl groups excluding tert-OH is 1. The molecule has 1 amide bonds. The number of hydrogen-bond acceptors (Lipinski definition) is 3. The van der Waals surface area contributed by atoms with Gasteiger partial charge in [-0.15, -0.1) is 0 Å². The van der Waals surface area contributed by atoms with Crippen molar-refractivity contribution in [2.75, 3.05) is 13.7 Å². The van der Waals surface area contributed by atoms with Gasteiger partial charge in [0, 0.05) is 12.1 Å². The second-order valence-electron chi connectivity index (χ2n) is 4.75. The Bertz CT molecular complexity index is 406. The van der Waals surface area contributed by atoms with Crippen LogP contribution in [-0.2, 0) is 11.2 Å². The molecule has 1 aromatic carbocycles. The highest BCUT2D eigenvalue weighted by atomic mass is 16.5. The van der Waals surface area contributed by atoms with Crippen molar-refractivity contribution in [3.63, 3.8) is 0 Å². The third-order valence-electron chi connectivity index (χ3n) is 3.35. The van der Waals surface area contributed by atoms with Gasteiger partial charge in [0.15, 0.2) is 0 Å². The number of methoxy groups -OCH3 is 1. The lowest BCUT2D eigenvalue weighted by Gasteiger charge is -2.17. The topological polar surface area (TPSA) is 58.6 Å². The van der Waals surface area contributed by atoms with Crippen LogP contribution in [0.1, 0.15) is 25.8 Å². The third kappa shape index (κ3) is 4.91. The molecule has 2 N–H and O–H groups in total. The smallest absolute Gasteiger partial charge is 0.224 e. The molecule has 0 radical (unpaired) electrons. The molecule has 0 fully saturated rings. The van der Waals surface area contributed by atoms with Crippen LogP contribution in [0.4, 0.5) is 0 Å². The number of aliphatic hydroxyl groups is 1. The number of carbonyl (C=O) groups excluding carboxylic acids is 1. The number of benzene rings is 1. The van der Waals surface area contributed by atoms with E-state index in [0.717, 1.165) is 12.0 Å². The van der Waals surface area contributed by atoms with Crippen molar-refractivity contribution in [3.8, 4) is 5.75 Å². The largest absolute Gasteiger partial charge is 0.496 e. The van der Waals surface area contributed by atoms with Crippen LogP contribution in [0.2, 0.25) is 0 Å². The monoisotopic (exact) mass is 265 g/mol. The van der Waals surface area contributed by atoms with Crippen molar-refractivity contribution < 1.29 is 14.6 Å². The number of carbonyl (C=O) groups is 1. The van der Waals surface area contributed by atoms with E-state index in [1.165, 1.54) is 0 Å². The van der Waals surface area contributed by atoms with E-state index in [2.05, 4.69) is 5.32 Å². The quantitative estimate of drug-likeness (QED) is 0.790. The predicted molar refractivity (Wildman–Crippen MR) is 75.2 cm³/mol. The SMILES string of the molecule is CCC(C)C(O)CNC(=O)Cc1ccccc1OC. The standard InChI is InChI=1S/C15H23NO3/c1-4-11(2)13(17)10-16-15(18)9-12-7-5-6-8-14(12)19-3/h5-8,11,13,17H,4,9-10H2,1-3H3,(H,16,18). The van der Waals surface area contributed by atoms with E-state index in [0.29, 0.717) is 12.3 Å². The fraction of sp³-hybridized carbons (Fsp3) is 0.533. The van der Waals surface area contributed by atoms with Crippen LogP contribution in [0.25, 0.3) is 0 Å². The fourth-order valence-corrected chi connectivity index (χ4v) is 1.78. The van der Waals surface area contributed by atoms with Gasteiger partial charge in [0.05, 0.1) is 19.6 Å². The molecule has 0 aliphatic heterocycles. The first-order valence-electron chi connectivity index (χ1n) is 6.65. The normalized spacial score (nSPS) is 13.7. The molecule has 2 unspecified atom stereocenters. The molecule has 0 saturated carbocycles. The van der Waals surface area contributed by atoms with Crippen LogP contribution >= 0.6 is 0 Å². The number of rotatable bonds is 7. The molecule has 4 heteroatoms. The third-order valence-corrected chi connectivity index (χ3v) is 3.35. The number of ether oxygens (including phenoxy) is 1. The van der Waals surface area contributed by atoms with Crippen molar-refractivity contribution in [2.24, 2.45) is 5.92 Å². The highest BCUT2D eigenvalue weighted by Crippen LogP contribution is 2.17. The van der Waals surface area contributed by atoms with Crippen molar-refractivity contribution in [1.82, 2.24) is 5.32 Å². The summed E-state index contributed by atoms with van der Waals surface area (Å²) in [5.41, 5.74) is 0.848. The highest BCUT2D eigenvalue weighted by molar-refractivity contribution is 5.79. The molecule has 0 aliphatic carbocycles. The average Bonchev–Trinajstić information content (AvgIpc) is 2.44. The van der Waals surface area contributed by atoms with Crippen molar-refractivity contribution in [1.29, 1.82) is 0 Å². The minimum absolute atomic E-state index is 0.105. The lowest BCUT2D eigenvalue weighted by molar-refractivity contribution is -0.121. The molecule has 0 aliphatic rings. The van der Waals surface area contributed by atoms with E-state index in [-0.39, 0.29) is 18.2 Å². The molecule has 106 valence electrons. The molecule has 19 heavy (non-hydrogen) atoms. The molecule has 0 saturated heterocycles. The molecule has 1 aromatic rings. The maximum absolute atomic E-state index is 11.8. The summed E-state index contributed by atoms with van der Waals surface area (Å²) in [7, 11) is 1.59. The lowest BCUT2D eigenvalue weighted by atomic mass is 10.0. The van der Waals surface area contributed by atoms with E-state index in [4.69, 9.17) is 4.74 Å². The first-order valence-corrected chi connectivity index (χ1v) is 6.65. The van der Waals surface area contributed by atoms with Gasteiger partial charge in [-0.05, 0) is 12.0 Å². The zero-order valence-corrected chi connectivity index (χ0v) is 11.8. The van der Waals surface area contributed by atoms with Crippen LogP contribution in [0, 0.1) is 5.92 Å². The maximum Gasteiger partial charge on any atom is 0.224 e. The second kappa shape index (κ2) is 7.79. The summed E-state index contributed by atoms with van der Waals surface area (Å²) in [5, 5.41) is 12.5. The number of nitrogens with one attached hydrogen (secondary N) is 1. The van der Waals surface area contributed by atoms with Gasteiger partial charge in [-0.3, -0.25) is 4.79 Å². The Balaban J connectivity index is 2.47. The van der Waals surface area contributed by atoms with Crippen LogP contribution in [0.3, 0.4) is 0 Å². The Labute approximate surface area is 114 Å². The number of amides is 1. The molecular formula is C15H23NO3. The first kappa shape index (κ1) is 15.5. The van der Waals surface area contributed by atoms with Crippen LogP contribution < -0.4 is 10.1 Å². The summed E-state index contributed by atoms with van der Waals surface area (Å²) < 4.78 is 5.20. The molecule has 0 bridgehead atoms. The summed E-state index contributed by atoms with van der Waals surface area (Å²) in [5.74, 6) is 0.790. The molecule has 0 heterocycles. The van der Waals surface area contributed by atoms with Crippen molar-refractivity contribution in [2.45, 2.75) is 32.8 Å². The minimum Gasteiger partial charge on any atom is -0.496 e. The molecule has 0 spiro atoms. The van der Waals surface area contributed by atoms with Crippen LogP contribution in [0.15, 0.2) is 24.3 Å². The first-order chi connectivity index (χ1) is 9.08. The Hall–Kier alpha value is -1.55. The van der Waals surface area contributed by atoms with Gasteiger partial charge >= 0.3 is 0 Å². The fourth-order valence-electron chi connectivity index (χ4n) is 1.78. The van der Waals surface area contributed by atoms with E-state index in [1.807, 2.05) is 38.1 Å². The van der Waals surface area contributed by atoms with E-state index < -0.39 is 6.10 Å². The van der Waals surface area contributed by atoms with Crippen molar-refractivity contribution in [3.05, 3.63) is 29.8 Å². The Morgan fingerprint density at radius 2 is 2.11 bits per heavy atom. The van der Waals surface area contributed by atoms with Gasteiger partial charge in [0.25, 0.3) is 0 Å². The van der Waals surface area contributed by atoms with Crippen LogP contribution in [-0.4, -0.2) is 30.8 Å². The Morgan fingerprint density at radius 3 is 2.74 bits per heavy atom. The van der Waals surface area contributed by atoms with Crippen molar-refractivity contribution >= 4 is 5.91 Å². The molecule has 4 nitrogen and oxygen atoms in total. The average molecular weight is 265 g/mol. The summed E-state index contributed by atoms with van der Waals surface area (Å²) in [4.78, 5) is 11.8. The number of para-hydroxylation sites is 1. The van der Waals surface area contributed by atoms with Gasteiger partial charge in [-0.1, -0.05) is 38.5 Å². The zero-order chi connectivity index (χ0) is 14.3. The molecule has 0 aromatic heterocycles. The molecule has 1 rings (SSSR count). The zero-order valence-electron chi connectivity index (χ0n) is 11.8. The van der Waals surface area contributed by atoms with Gasteiger partial charge in [0.2, 0.25) is 5.91 Å². The maximum atomic E-state index is 11.8. The highest BCUT2D eigenvalue weighted by Gasteiger charge is 2.14. The summed E-state index contributed by atoms with van der Waals surface area (Å²) in [6.07, 6.45) is 0.660. The van der Waals surface area contributed by atoms with Crippen LogP contribution in [0.5, 0.6) is 5.75 Å². The van der Waals surface area contributed by atoms with E-state index >= 15 is 0 Å². The molecule has 2 atom stereocenters. The predicted octanol–water partition coefficient (Wildman–Crippen LogP) is 1.76. The Morgan fingerprint density at radius 1 is 1.42 bits per heavy atom. The summed E-state index contributed by atoms with van der Waals surface area (Å²) in [6.45, 7) is 4.28. The van der Waals surface area contributed by atoms with Gasteiger partial charge in [-0.2, -0.15) is 0 Å². The second-order valence-corrected chi connectivity index (χ2v) is 4.75. The summed E-state index contributed by atoms with van der Waals surface area (Å²) in [6, 6.07) is 7.44. The van der Waals surface area contributed by atoms with E-state index in [1.54, 1.807) is 7.11 Å². The van der Waals surface area contributed by atoms with Gasteiger partial charge < -0.3 is 15.2 Å². The Kier molecular flexibility index (Phi) is 6.36.